The van der Waals surface area contributed by atoms with Crippen LogP contribution in [0.1, 0.15) is 22.3 Å². The van der Waals surface area contributed by atoms with Crippen LogP contribution in [0.15, 0.2) is 97.1 Å². The molecule has 0 unspecified atom stereocenters. The van der Waals surface area contributed by atoms with Crippen molar-refractivity contribution in [1.82, 2.24) is 9.80 Å². The van der Waals surface area contributed by atoms with Gasteiger partial charge in [-0.2, -0.15) is 0 Å². The monoisotopic (exact) mass is 462 g/mol. The van der Waals surface area contributed by atoms with Crippen molar-refractivity contribution in [3.8, 4) is 0 Å². The van der Waals surface area contributed by atoms with Gasteiger partial charge in [0.2, 0.25) is 0 Å². The van der Waals surface area contributed by atoms with Crippen molar-refractivity contribution in [2.24, 2.45) is 5.73 Å². The number of nitrogen functional groups attached to an aromatic ring is 1. The molecule has 0 radical (unpaired) electrons. The van der Waals surface area contributed by atoms with Gasteiger partial charge in [-0.15, -0.1) is 0 Å². The van der Waals surface area contributed by atoms with Gasteiger partial charge in [0.05, 0.1) is 6.54 Å². The van der Waals surface area contributed by atoms with E-state index in [1.54, 1.807) is 17.0 Å². The van der Waals surface area contributed by atoms with E-state index in [1.807, 2.05) is 84.9 Å². The van der Waals surface area contributed by atoms with E-state index in [1.165, 1.54) is 4.90 Å². The van der Waals surface area contributed by atoms with Crippen molar-refractivity contribution in [2.45, 2.75) is 25.6 Å². The molecule has 0 aliphatic carbocycles. The van der Waals surface area contributed by atoms with E-state index in [0.717, 1.165) is 27.5 Å². The normalized spacial score (nSPS) is 15.7. The molecule has 35 heavy (non-hydrogen) atoms. The summed E-state index contributed by atoms with van der Waals surface area (Å²) in [6, 6.07) is 30.1. The number of nitrogens with zero attached hydrogens (tertiary/aromatic N) is 2. The molecule has 1 aliphatic heterocycles. The molecule has 1 aliphatic rings. The maximum absolute atomic E-state index is 13.6. The molecule has 6 nitrogen and oxygen atoms in total. The minimum Gasteiger partial charge on any atom is -0.384 e. The second-order valence-electron chi connectivity index (χ2n) is 8.79. The number of amidine groups is 1. The second-order valence-corrected chi connectivity index (χ2v) is 8.79. The zero-order valence-corrected chi connectivity index (χ0v) is 19.2. The molecule has 3 amide bonds. The quantitative estimate of drug-likeness (QED) is 0.237. The molecule has 1 atom stereocenters. The number of nitrogens with one attached hydrogen (secondary N) is 1. The van der Waals surface area contributed by atoms with Crippen LogP contribution in [-0.2, 0) is 24.3 Å². The molecule has 1 fully saturated rings. The van der Waals surface area contributed by atoms with Gasteiger partial charge in [0, 0.05) is 18.5 Å². The number of urea groups is 1. The maximum atomic E-state index is 13.6. The van der Waals surface area contributed by atoms with Gasteiger partial charge >= 0.3 is 6.03 Å². The van der Waals surface area contributed by atoms with E-state index in [2.05, 4.69) is 0 Å². The molecule has 1 saturated heterocycles. The van der Waals surface area contributed by atoms with Gasteiger partial charge in [0.15, 0.2) is 0 Å². The van der Waals surface area contributed by atoms with Crippen molar-refractivity contribution in [1.29, 1.82) is 5.41 Å². The Morgan fingerprint density at radius 2 is 1.46 bits per heavy atom. The fourth-order valence-electron chi connectivity index (χ4n) is 4.64. The van der Waals surface area contributed by atoms with Crippen LogP contribution >= 0.6 is 0 Å². The van der Waals surface area contributed by atoms with Crippen molar-refractivity contribution >= 4 is 28.5 Å². The minimum absolute atomic E-state index is 0.00436. The third kappa shape index (κ3) is 4.51. The Kier molecular flexibility index (Phi) is 6.02. The lowest BCUT2D eigenvalue weighted by atomic mass is 10.0. The number of hydrogen-bond acceptors (Lipinski definition) is 3. The minimum atomic E-state index is -0.617. The van der Waals surface area contributed by atoms with Crippen molar-refractivity contribution in [2.75, 3.05) is 0 Å². The molecule has 0 bridgehead atoms. The smallest absolute Gasteiger partial charge is 0.328 e. The van der Waals surface area contributed by atoms with Crippen LogP contribution < -0.4 is 5.73 Å². The third-order valence-corrected chi connectivity index (χ3v) is 6.50. The van der Waals surface area contributed by atoms with E-state index in [0.29, 0.717) is 18.5 Å². The number of fused-ring (bicyclic) bond motifs is 1. The molecule has 4 aromatic rings. The standard InChI is InChI=1S/C29H26N4O2/c30-27(31)23-15-13-20(14-16-23)17-26-28(34)33(18-21-7-2-1-3-8-21)29(35)32(26)19-24-11-6-10-22-9-4-5-12-25(22)24/h1-16,26H,17-19H2,(H3,30,31)/t26-/m0/s1. The molecule has 5 rings (SSSR count). The van der Waals surface area contributed by atoms with E-state index in [9.17, 15) is 9.59 Å². The van der Waals surface area contributed by atoms with Crippen LogP contribution in [-0.4, -0.2) is 33.6 Å². The molecule has 4 aromatic carbocycles. The summed E-state index contributed by atoms with van der Waals surface area (Å²) in [6.07, 6.45) is 0.388. The predicted molar refractivity (Wildman–Crippen MR) is 137 cm³/mol. The first-order valence-corrected chi connectivity index (χ1v) is 11.6. The first-order chi connectivity index (χ1) is 17.0. The van der Waals surface area contributed by atoms with Gasteiger partial charge in [0.1, 0.15) is 11.9 Å². The third-order valence-electron chi connectivity index (χ3n) is 6.50. The Morgan fingerprint density at radius 3 is 2.20 bits per heavy atom. The number of carbonyl (C=O) groups is 2. The Hall–Kier alpha value is -4.45. The highest BCUT2D eigenvalue weighted by molar-refractivity contribution is 6.04. The molecule has 174 valence electrons. The largest absolute Gasteiger partial charge is 0.384 e. The second kappa shape index (κ2) is 9.43. The lowest BCUT2D eigenvalue weighted by molar-refractivity contribution is -0.128. The van der Waals surface area contributed by atoms with Crippen LogP contribution in [0, 0.1) is 5.41 Å². The highest BCUT2D eigenvalue weighted by Crippen LogP contribution is 2.28. The Balaban J connectivity index is 1.48. The Bertz CT molecular complexity index is 1390. The molecule has 0 saturated carbocycles. The van der Waals surface area contributed by atoms with Gasteiger partial charge < -0.3 is 10.6 Å². The molecular formula is C29H26N4O2. The summed E-state index contributed by atoms with van der Waals surface area (Å²) in [7, 11) is 0. The number of imide groups is 1. The average molecular weight is 463 g/mol. The van der Waals surface area contributed by atoms with Crippen LogP contribution in [0.5, 0.6) is 0 Å². The summed E-state index contributed by atoms with van der Waals surface area (Å²) in [6.45, 7) is 0.581. The molecule has 0 spiro atoms. The molecule has 3 N–H and O–H groups in total. The lowest BCUT2D eigenvalue weighted by Crippen LogP contribution is -2.36. The Labute approximate surface area is 204 Å². The molecule has 0 aromatic heterocycles. The highest BCUT2D eigenvalue weighted by atomic mass is 16.2. The Morgan fingerprint density at radius 1 is 0.771 bits per heavy atom. The zero-order valence-electron chi connectivity index (χ0n) is 19.2. The van der Waals surface area contributed by atoms with Gasteiger partial charge in [-0.3, -0.25) is 15.1 Å². The number of carbonyl (C=O) groups excluding carboxylic acids is 2. The SMILES string of the molecule is N=C(N)c1ccc(C[C@H]2C(=O)N(Cc3ccccc3)C(=O)N2Cc2cccc3ccccc23)cc1. The summed E-state index contributed by atoms with van der Waals surface area (Å²) >= 11 is 0. The van der Waals surface area contributed by atoms with Crippen LogP contribution in [0.2, 0.25) is 0 Å². The summed E-state index contributed by atoms with van der Waals surface area (Å²) in [5, 5.41) is 9.78. The predicted octanol–water partition coefficient (Wildman–Crippen LogP) is 4.70. The van der Waals surface area contributed by atoms with Crippen LogP contribution in [0.3, 0.4) is 0 Å². The fraction of sp³-hybridized carbons (Fsp3) is 0.138. The molecule has 1 heterocycles. The first-order valence-electron chi connectivity index (χ1n) is 11.6. The number of hydrogen-bond donors (Lipinski definition) is 2. The van der Waals surface area contributed by atoms with Gasteiger partial charge in [0.25, 0.3) is 5.91 Å². The zero-order chi connectivity index (χ0) is 24.4. The summed E-state index contributed by atoms with van der Waals surface area (Å²) in [5.41, 5.74) is 9.03. The van der Waals surface area contributed by atoms with Gasteiger partial charge in [-0.25, -0.2) is 4.79 Å². The maximum Gasteiger partial charge on any atom is 0.328 e. The van der Waals surface area contributed by atoms with E-state index in [-0.39, 0.29) is 24.3 Å². The number of benzene rings is 4. The van der Waals surface area contributed by atoms with Crippen molar-refractivity contribution in [3.63, 3.8) is 0 Å². The van der Waals surface area contributed by atoms with E-state index >= 15 is 0 Å². The molecule has 6 heteroatoms. The first kappa shape index (κ1) is 22.3. The lowest BCUT2D eigenvalue weighted by Gasteiger charge is -2.23. The van der Waals surface area contributed by atoms with Gasteiger partial charge in [-0.1, -0.05) is 97.1 Å². The number of nitrogens with two attached hydrogens (primary N) is 1. The number of amides is 3. The van der Waals surface area contributed by atoms with E-state index in [4.69, 9.17) is 11.1 Å². The number of rotatable bonds is 7. The van der Waals surface area contributed by atoms with Gasteiger partial charge in [-0.05, 0) is 27.5 Å². The fourth-order valence-corrected chi connectivity index (χ4v) is 4.64. The summed E-state index contributed by atoms with van der Waals surface area (Å²) < 4.78 is 0. The topological polar surface area (TPSA) is 90.5 Å². The van der Waals surface area contributed by atoms with Crippen LogP contribution in [0.25, 0.3) is 10.8 Å². The average Bonchev–Trinajstić information content (AvgIpc) is 3.09. The van der Waals surface area contributed by atoms with Crippen molar-refractivity contribution in [3.05, 3.63) is 119 Å². The van der Waals surface area contributed by atoms with E-state index < -0.39 is 6.04 Å². The summed E-state index contributed by atoms with van der Waals surface area (Å²) in [4.78, 5) is 30.2. The molecular weight excluding hydrogens is 436 g/mol. The highest BCUT2D eigenvalue weighted by Gasteiger charge is 2.44. The van der Waals surface area contributed by atoms with Crippen molar-refractivity contribution < 1.29 is 9.59 Å². The summed E-state index contributed by atoms with van der Waals surface area (Å²) in [5.74, 6) is -0.204. The van der Waals surface area contributed by atoms with Crippen LogP contribution in [0.4, 0.5) is 4.79 Å².